The Kier molecular flexibility index (Phi) is 5.24. The second-order valence-corrected chi connectivity index (χ2v) is 6.49. The van der Waals surface area contributed by atoms with Crippen LogP contribution >= 0.6 is 11.8 Å². The van der Waals surface area contributed by atoms with E-state index < -0.39 is 6.04 Å². The van der Waals surface area contributed by atoms with E-state index in [1.54, 1.807) is 23.9 Å². The van der Waals surface area contributed by atoms with Gasteiger partial charge in [-0.2, -0.15) is 0 Å². The molecule has 2 amide bonds. The number of hydrogen-bond donors (Lipinski definition) is 1. The van der Waals surface area contributed by atoms with Gasteiger partial charge in [0.25, 0.3) is 5.91 Å². The Hall–Kier alpha value is -2.22. The van der Waals surface area contributed by atoms with Crippen LogP contribution in [-0.2, 0) is 4.79 Å². The maximum absolute atomic E-state index is 12.7. The van der Waals surface area contributed by atoms with Crippen molar-refractivity contribution in [1.29, 1.82) is 0 Å². The molecule has 1 N–H and O–H groups in total. The lowest BCUT2D eigenvalue weighted by Gasteiger charge is -2.21. The SMILES string of the molecule is CCCCNC(=O)C1CSCN1C(=O)c1cc(-c2ccco2)on1. The van der Waals surface area contributed by atoms with Crippen LogP contribution in [0.4, 0.5) is 0 Å². The van der Waals surface area contributed by atoms with E-state index in [-0.39, 0.29) is 17.5 Å². The van der Waals surface area contributed by atoms with Crippen LogP contribution in [-0.4, -0.2) is 46.1 Å². The molecule has 1 fully saturated rings. The molecule has 0 saturated carbocycles. The van der Waals surface area contributed by atoms with Gasteiger partial charge in [0.2, 0.25) is 11.7 Å². The molecule has 1 aliphatic heterocycles. The number of nitrogens with one attached hydrogen (secondary N) is 1. The van der Waals surface area contributed by atoms with Crippen LogP contribution in [0.3, 0.4) is 0 Å². The molecule has 0 radical (unpaired) electrons. The molecule has 0 bridgehead atoms. The molecule has 7 nitrogen and oxygen atoms in total. The highest BCUT2D eigenvalue weighted by Crippen LogP contribution is 2.25. The van der Waals surface area contributed by atoms with Crippen molar-refractivity contribution >= 4 is 23.6 Å². The summed E-state index contributed by atoms with van der Waals surface area (Å²) >= 11 is 1.55. The second kappa shape index (κ2) is 7.57. The van der Waals surface area contributed by atoms with Gasteiger partial charge in [-0.3, -0.25) is 9.59 Å². The number of aromatic nitrogens is 1. The summed E-state index contributed by atoms with van der Waals surface area (Å²) in [5.74, 6) is 1.53. The first kappa shape index (κ1) is 16.6. The zero-order valence-corrected chi connectivity index (χ0v) is 14.2. The number of carbonyl (C=O) groups excluding carboxylic acids is 2. The van der Waals surface area contributed by atoms with Crippen molar-refractivity contribution in [2.45, 2.75) is 25.8 Å². The number of amides is 2. The number of furan rings is 1. The molecule has 1 unspecified atom stereocenters. The molecular weight excluding hydrogens is 330 g/mol. The summed E-state index contributed by atoms with van der Waals surface area (Å²) < 4.78 is 10.4. The molecule has 1 atom stereocenters. The average molecular weight is 349 g/mol. The van der Waals surface area contributed by atoms with Crippen molar-refractivity contribution in [2.75, 3.05) is 18.2 Å². The Morgan fingerprint density at radius 2 is 2.33 bits per heavy atom. The summed E-state index contributed by atoms with van der Waals surface area (Å²) in [6.45, 7) is 2.69. The van der Waals surface area contributed by atoms with E-state index in [2.05, 4.69) is 17.4 Å². The molecule has 8 heteroatoms. The predicted octanol–water partition coefficient (Wildman–Crippen LogP) is 2.37. The van der Waals surface area contributed by atoms with E-state index in [0.29, 0.717) is 29.7 Å². The summed E-state index contributed by atoms with van der Waals surface area (Å²) in [6.07, 6.45) is 3.46. The first-order valence-corrected chi connectivity index (χ1v) is 9.03. The summed E-state index contributed by atoms with van der Waals surface area (Å²) in [5, 5.41) is 6.70. The minimum Gasteiger partial charge on any atom is -0.461 e. The molecule has 2 aromatic heterocycles. The molecule has 128 valence electrons. The van der Waals surface area contributed by atoms with E-state index in [4.69, 9.17) is 8.94 Å². The van der Waals surface area contributed by atoms with Gasteiger partial charge in [-0.25, -0.2) is 0 Å². The molecule has 3 heterocycles. The van der Waals surface area contributed by atoms with Gasteiger partial charge in [-0.15, -0.1) is 11.8 Å². The van der Waals surface area contributed by atoms with Gasteiger partial charge in [-0.1, -0.05) is 18.5 Å². The maximum atomic E-state index is 12.7. The quantitative estimate of drug-likeness (QED) is 0.806. The van der Waals surface area contributed by atoms with Crippen LogP contribution in [0.1, 0.15) is 30.3 Å². The molecule has 2 aromatic rings. The first-order valence-electron chi connectivity index (χ1n) is 7.87. The van der Waals surface area contributed by atoms with Crippen molar-refractivity contribution in [3.05, 3.63) is 30.2 Å². The van der Waals surface area contributed by atoms with E-state index in [1.165, 1.54) is 17.2 Å². The van der Waals surface area contributed by atoms with Crippen molar-refractivity contribution in [3.63, 3.8) is 0 Å². The molecule has 0 aliphatic carbocycles. The van der Waals surface area contributed by atoms with E-state index in [9.17, 15) is 9.59 Å². The van der Waals surface area contributed by atoms with E-state index in [0.717, 1.165) is 12.8 Å². The third-order valence-corrected chi connectivity index (χ3v) is 4.78. The average Bonchev–Trinajstić information content (AvgIpc) is 3.34. The van der Waals surface area contributed by atoms with Crippen molar-refractivity contribution in [3.8, 4) is 11.5 Å². The van der Waals surface area contributed by atoms with Crippen molar-refractivity contribution in [2.24, 2.45) is 0 Å². The number of rotatable bonds is 6. The fourth-order valence-corrected chi connectivity index (χ4v) is 3.58. The van der Waals surface area contributed by atoms with E-state index >= 15 is 0 Å². The highest BCUT2D eigenvalue weighted by atomic mass is 32.2. The lowest BCUT2D eigenvalue weighted by Crippen LogP contribution is -2.47. The number of hydrogen-bond acceptors (Lipinski definition) is 6. The molecule has 3 rings (SSSR count). The Morgan fingerprint density at radius 3 is 3.08 bits per heavy atom. The van der Waals surface area contributed by atoms with Gasteiger partial charge >= 0.3 is 0 Å². The minimum atomic E-state index is -0.469. The van der Waals surface area contributed by atoms with Crippen LogP contribution in [0.15, 0.2) is 33.4 Å². The molecule has 0 aromatic carbocycles. The molecule has 0 spiro atoms. The Morgan fingerprint density at radius 1 is 1.46 bits per heavy atom. The topological polar surface area (TPSA) is 88.6 Å². The van der Waals surface area contributed by atoms with E-state index in [1.807, 2.05) is 0 Å². The third kappa shape index (κ3) is 3.48. The number of unbranched alkanes of at least 4 members (excludes halogenated alkanes) is 1. The number of nitrogens with zero attached hydrogens (tertiary/aromatic N) is 2. The van der Waals surface area contributed by atoms with Crippen LogP contribution in [0.25, 0.3) is 11.5 Å². The van der Waals surface area contributed by atoms with Crippen LogP contribution in [0.5, 0.6) is 0 Å². The minimum absolute atomic E-state index is 0.114. The summed E-state index contributed by atoms with van der Waals surface area (Å²) in [4.78, 5) is 26.5. The van der Waals surface area contributed by atoms with Crippen molar-refractivity contribution < 1.29 is 18.5 Å². The predicted molar refractivity (Wildman–Crippen MR) is 89.4 cm³/mol. The third-order valence-electron chi connectivity index (χ3n) is 3.77. The van der Waals surface area contributed by atoms with Crippen LogP contribution in [0, 0.1) is 0 Å². The first-order chi connectivity index (χ1) is 11.7. The van der Waals surface area contributed by atoms with Gasteiger partial charge in [-0.05, 0) is 18.6 Å². The number of thioether (sulfide) groups is 1. The lowest BCUT2D eigenvalue weighted by molar-refractivity contribution is -0.124. The normalized spacial score (nSPS) is 17.2. The number of carbonyl (C=O) groups is 2. The van der Waals surface area contributed by atoms with Gasteiger partial charge in [0.05, 0.1) is 12.1 Å². The van der Waals surface area contributed by atoms with Crippen molar-refractivity contribution in [1.82, 2.24) is 15.4 Å². The Balaban J connectivity index is 1.68. The zero-order valence-electron chi connectivity index (χ0n) is 13.4. The van der Waals surface area contributed by atoms with Gasteiger partial charge in [0.1, 0.15) is 6.04 Å². The summed E-state index contributed by atoms with van der Waals surface area (Å²) in [5.41, 5.74) is 0.176. The van der Waals surface area contributed by atoms with Crippen LogP contribution < -0.4 is 5.32 Å². The summed E-state index contributed by atoms with van der Waals surface area (Å²) in [6, 6.07) is 4.52. The highest BCUT2D eigenvalue weighted by molar-refractivity contribution is 7.99. The van der Waals surface area contributed by atoms with Gasteiger partial charge in [0.15, 0.2) is 11.5 Å². The molecular formula is C16H19N3O4S. The molecule has 1 aliphatic rings. The molecule has 1 saturated heterocycles. The Bertz CT molecular complexity index is 698. The van der Waals surface area contributed by atoms with Crippen LogP contribution in [0.2, 0.25) is 0 Å². The summed E-state index contributed by atoms with van der Waals surface area (Å²) in [7, 11) is 0. The fourth-order valence-electron chi connectivity index (χ4n) is 2.42. The lowest BCUT2D eigenvalue weighted by atomic mass is 10.2. The maximum Gasteiger partial charge on any atom is 0.277 e. The highest BCUT2D eigenvalue weighted by Gasteiger charge is 2.36. The largest absolute Gasteiger partial charge is 0.461 e. The standard InChI is InChI=1S/C16H19N3O4S/c1-2-3-6-17-15(20)12-9-24-10-19(12)16(21)11-8-14(23-18-11)13-5-4-7-22-13/h4-5,7-8,12H,2-3,6,9-10H2,1H3,(H,17,20). The Labute approximate surface area is 143 Å². The smallest absolute Gasteiger partial charge is 0.277 e. The monoisotopic (exact) mass is 349 g/mol. The fraction of sp³-hybridized carbons (Fsp3) is 0.438. The molecule has 24 heavy (non-hydrogen) atoms. The zero-order chi connectivity index (χ0) is 16.9. The second-order valence-electron chi connectivity index (χ2n) is 5.49. The van der Waals surface area contributed by atoms with Gasteiger partial charge in [0, 0.05) is 18.4 Å². The van der Waals surface area contributed by atoms with Gasteiger partial charge < -0.3 is 19.2 Å².